The van der Waals surface area contributed by atoms with E-state index >= 15 is 0 Å². The second-order valence-electron chi connectivity index (χ2n) is 6.86. The van der Waals surface area contributed by atoms with Gasteiger partial charge in [-0.15, -0.1) is 0 Å². The molecule has 1 atom stereocenters. The van der Waals surface area contributed by atoms with E-state index in [9.17, 15) is 0 Å². The molecule has 0 aromatic heterocycles. The van der Waals surface area contributed by atoms with Crippen LogP contribution in [0.5, 0.6) is 0 Å². The molecular formula is C21H36OS. The molecule has 23 heavy (non-hydrogen) atoms. The van der Waals surface area contributed by atoms with Crippen LogP contribution in [0.15, 0.2) is 34.9 Å². The third kappa shape index (κ3) is 14.4. The molecule has 0 aliphatic carbocycles. The summed E-state index contributed by atoms with van der Waals surface area (Å²) in [6.07, 6.45) is 13.4. The topological polar surface area (TPSA) is 9.23 Å². The van der Waals surface area contributed by atoms with E-state index in [4.69, 9.17) is 17.0 Å². The Balaban J connectivity index is 3.94. The average molecular weight is 337 g/mol. The first-order valence-corrected chi connectivity index (χ1v) is 9.36. The third-order valence-corrected chi connectivity index (χ3v) is 4.30. The Kier molecular flexibility index (Phi) is 13.0. The Hall–Kier alpha value is -0.890. The van der Waals surface area contributed by atoms with Crippen molar-refractivity contribution in [2.45, 2.75) is 80.1 Å². The lowest BCUT2D eigenvalue weighted by Gasteiger charge is -2.10. The van der Waals surface area contributed by atoms with E-state index in [1.54, 1.807) is 0 Å². The standard InChI is InChI=1S/C21H36OS/c1-7-18(4)16-21(23)22-15-14-20(6)13-9-12-19(5)11-8-10-17(2)3/h10,12,14,18H,7-9,11,13,15-16H2,1-6H3/b19-12+,20-14+. The molecule has 0 saturated carbocycles. The molecule has 0 bridgehead atoms. The fourth-order valence-corrected chi connectivity index (χ4v) is 2.46. The highest BCUT2D eigenvalue weighted by Crippen LogP contribution is 2.12. The lowest BCUT2D eigenvalue weighted by molar-refractivity contribution is 0.339. The monoisotopic (exact) mass is 336 g/mol. The minimum Gasteiger partial charge on any atom is -0.483 e. The van der Waals surface area contributed by atoms with Crippen LogP contribution in [-0.2, 0) is 4.74 Å². The van der Waals surface area contributed by atoms with Crippen molar-refractivity contribution in [3.63, 3.8) is 0 Å². The minimum absolute atomic E-state index is 0.615. The van der Waals surface area contributed by atoms with Crippen molar-refractivity contribution in [3.8, 4) is 0 Å². The number of rotatable bonds is 11. The van der Waals surface area contributed by atoms with Gasteiger partial charge in [-0.1, -0.05) is 49.1 Å². The lowest BCUT2D eigenvalue weighted by atomic mass is 10.1. The number of allylic oxidation sites excluding steroid dienone is 5. The number of hydrogen-bond acceptors (Lipinski definition) is 2. The summed E-state index contributed by atoms with van der Waals surface area (Å²) >= 11 is 5.26. The SMILES string of the molecule is CCC(C)CC(=S)OC/C=C(\C)CC/C=C(\C)CCC=C(C)C. The fraction of sp³-hybridized carbons (Fsp3) is 0.667. The first-order valence-electron chi connectivity index (χ1n) is 8.95. The zero-order valence-electron chi connectivity index (χ0n) is 16.1. The average Bonchev–Trinajstić information content (AvgIpc) is 2.46. The summed E-state index contributed by atoms with van der Waals surface area (Å²) in [5, 5.41) is 0.749. The van der Waals surface area contributed by atoms with Crippen LogP contribution in [0.4, 0.5) is 0 Å². The highest BCUT2D eigenvalue weighted by atomic mass is 32.1. The van der Waals surface area contributed by atoms with E-state index in [1.807, 2.05) is 0 Å². The zero-order chi connectivity index (χ0) is 17.7. The van der Waals surface area contributed by atoms with Gasteiger partial charge in [0.1, 0.15) is 6.61 Å². The van der Waals surface area contributed by atoms with E-state index in [2.05, 4.69) is 59.8 Å². The summed E-state index contributed by atoms with van der Waals surface area (Å²) in [5.41, 5.74) is 4.27. The van der Waals surface area contributed by atoms with E-state index < -0.39 is 0 Å². The van der Waals surface area contributed by atoms with Gasteiger partial charge in [-0.05, 0) is 77.6 Å². The molecule has 0 spiro atoms. The lowest BCUT2D eigenvalue weighted by Crippen LogP contribution is -2.07. The molecule has 2 heteroatoms. The van der Waals surface area contributed by atoms with Crippen molar-refractivity contribution in [2.24, 2.45) is 5.92 Å². The van der Waals surface area contributed by atoms with Crippen molar-refractivity contribution in [3.05, 3.63) is 34.9 Å². The quantitative estimate of drug-likeness (QED) is 0.292. The summed E-state index contributed by atoms with van der Waals surface area (Å²) in [5.74, 6) is 0.618. The van der Waals surface area contributed by atoms with Crippen LogP contribution in [0.1, 0.15) is 80.1 Å². The summed E-state index contributed by atoms with van der Waals surface area (Å²) in [4.78, 5) is 0. The molecule has 0 aromatic carbocycles. The third-order valence-electron chi connectivity index (χ3n) is 4.01. The maximum absolute atomic E-state index is 5.62. The molecule has 0 fully saturated rings. The first kappa shape index (κ1) is 22.1. The normalized spacial score (nSPS) is 13.7. The Labute approximate surface area is 149 Å². The van der Waals surface area contributed by atoms with Crippen LogP contribution < -0.4 is 0 Å². The molecule has 0 N–H and O–H groups in total. The van der Waals surface area contributed by atoms with Gasteiger partial charge < -0.3 is 4.74 Å². The Morgan fingerprint density at radius 2 is 1.52 bits per heavy atom. The highest BCUT2D eigenvalue weighted by Gasteiger charge is 2.03. The molecule has 0 aromatic rings. The van der Waals surface area contributed by atoms with Crippen LogP contribution in [0.2, 0.25) is 0 Å². The van der Waals surface area contributed by atoms with Gasteiger partial charge in [0.05, 0.1) is 0 Å². The van der Waals surface area contributed by atoms with Gasteiger partial charge in [-0.3, -0.25) is 0 Å². The summed E-state index contributed by atoms with van der Waals surface area (Å²) in [7, 11) is 0. The summed E-state index contributed by atoms with van der Waals surface area (Å²) < 4.78 is 5.62. The largest absolute Gasteiger partial charge is 0.483 e. The summed E-state index contributed by atoms with van der Waals surface area (Å²) in [6, 6.07) is 0. The van der Waals surface area contributed by atoms with E-state index in [0.717, 1.165) is 37.2 Å². The van der Waals surface area contributed by atoms with Crippen LogP contribution >= 0.6 is 12.2 Å². The molecular weight excluding hydrogens is 300 g/mol. The van der Waals surface area contributed by atoms with Crippen LogP contribution in [0, 0.1) is 5.92 Å². The number of ether oxygens (including phenoxy) is 1. The molecule has 0 aliphatic rings. The van der Waals surface area contributed by atoms with Crippen molar-refractivity contribution in [1.29, 1.82) is 0 Å². The Morgan fingerprint density at radius 3 is 2.09 bits per heavy atom. The second kappa shape index (κ2) is 13.5. The molecule has 0 aliphatic heterocycles. The van der Waals surface area contributed by atoms with Crippen LogP contribution in [-0.4, -0.2) is 11.7 Å². The molecule has 0 amide bonds. The van der Waals surface area contributed by atoms with Gasteiger partial charge in [0.25, 0.3) is 0 Å². The molecule has 132 valence electrons. The predicted molar refractivity (Wildman–Crippen MR) is 108 cm³/mol. The van der Waals surface area contributed by atoms with Crippen molar-refractivity contribution < 1.29 is 4.74 Å². The maximum atomic E-state index is 5.62. The first-order chi connectivity index (χ1) is 10.8. The van der Waals surface area contributed by atoms with Gasteiger partial charge in [-0.2, -0.15) is 0 Å². The second-order valence-corrected chi connectivity index (χ2v) is 7.32. The predicted octanol–water partition coefficient (Wildman–Crippen LogP) is 7.19. The zero-order valence-corrected chi connectivity index (χ0v) is 16.9. The van der Waals surface area contributed by atoms with Crippen molar-refractivity contribution in [2.75, 3.05) is 6.61 Å². The van der Waals surface area contributed by atoms with E-state index in [1.165, 1.54) is 23.1 Å². The van der Waals surface area contributed by atoms with Crippen molar-refractivity contribution in [1.82, 2.24) is 0 Å². The molecule has 0 saturated heterocycles. The van der Waals surface area contributed by atoms with E-state index in [-0.39, 0.29) is 0 Å². The van der Waals surface area contributed by atoms with E-state index in [0.29, 0.717) is 12.5 Å². The Bertz CT molecular complexity index is 425. The number of thiocarbonyl (C=S) groups is 1. The van der Waals surface area contributed by atoms with Gasteiger partial charge in [0, 0.05) is 6.42 Å². The molecule has 0 radical (unpaired) electrons. The van der Waals surface area contributed by atoms with Gasteiger partial charge in [0.2, 0.25) is 0 Å². The molecule has 1 unspecified atom stereocenters. The van der Waals surface area contributed by atoms with Crippen LogP contribution in [0.25, 0.3) is 0 Å². The number of hydrogen-bond donors (Lipinski definition) is 0. The van der Waals surface area contributed by atoms with Crippen LogP contribution in [0.3, 0.4) is 0 Å². The maximum Gasteiger partial charge on any atom is 0.160 e. The smallest absolute Gasteiger partial charge is 0.160 e. The van der Waals surface area contributed by atoms with Gasteiger partial charge in [0.15, 0.2) is 5.05 Å². The van der Waals surface area contributed by atoms with Gasteiger partial charge >= 0.3 is 0 Å². The minimum atomic E-state index is 0.615. The molecule has 0 heterocycles. The Morgan fingerprint density at radius 1 is 0.957 bits per heavy atom. The molecule has 1 nitrogen and oxygen atoms in total. The van der Waals surface area contributed by atoms with Crippen molar-refractivity contribution >= 4 is 17.3 Å². The van der Waals surface area contributed by atoms with Gasteiger partial charge in [-0.25, -0.2) is 0 Å². The molecule has 0 rings (SSSR count). The fourth-order valence-electron chi connectivity index (χ4n) is 2.10. The highest BCUT2D eigenvalue weighted by molar-refractivity contribution is 7.80. The summed E-state index contributed by atoms with van der Waals surface area (Å²) in [6.45, 7) is 13.7.